The fraction of sp³-hybridized carbons (Fsp3) is 0.385. The minimum Gasteiger partial charge on any atom is -0.396 e. The van der Waals surface area contributed by atoms with Crippen LogP contribution in [0.25, 0.3) is 5.65 Å². The van der Waals surface area contributed by atoms with Crippen molar-refractivity contribution in [3.63, 3.8) is 0 Å². The molecule has 102 valence electrons. The molecule has 5 nitrogen and oxygen atoms in total. The van der Waals surface area contributed by atoms with Gasteiger partial charge in [-0.2, -0.15) is 0 Å². The lowest BCUT2D eigenvalue weighted by atomic mass is 10.2. The van der Waals surface area contributed by atoms with Crippen molar-refractivity contribution in [3.05, 3.63) is 34.7 Å². The highest BCUT2D eigenvalue weighted by molar-refractivity contribution is 6.30. The van der Waals surface area contributed by atoms with Crippen LogP contribution in [0.4, 0.5) is 0 Å². The fourth-order valence-electron chi connectivity index (χ4n) is 1.92. The first-order chi connectivity index (χ1) is 9.17. The second-order valence-corrected chi connectivity index (χ2v) is 4.61. The zero-order valence-electron chi connectivity index (χ0n) is 10.7. The first-order valence-corrected chi connectivity index (χ1v) is 6.60. The summed E-state index contributed by atoms with van der Waals surface area (Å²) in [6.45, 7) is 2.44. The lowest BCUT2D eigenvalue weighted by molar-refractivity contribution is 0.0944. The first kappa shape index (κ1) is 13.8. The second kappa shape index (κ2) is 6.04. The molecule has 0 fully saturated rings. The molecule has 0 saturated heterocycles. The fourth-order valence-corrected chi connectivity index (χ4v) is 2.08. The van der Waals surface area contributed by atoms with Crippen LogP contribution in [0, 0.1) is 0 Å². The summed E-state index contributed by atoms with van der Waals surface area (Å²) in [5.41, 5.74) is 1.95. The number of halogens is 1. The number of hydrogen-bond acceptors (Lipinski definition) is 3. The SMILES string of the molecule is CCc1nc2ccc(Cl)cn2c1C(=O)NCCCO. The number of rotatable bonds is 5. The molecule has 2 N–H and O–H groups in total. The Balaban J connectivity index is 2.39. The van der Waals surface area contributed by atoms with E-state index in [4.69, 9.17) is 16.7 Å². The smallest absolute Gasteiger partial charge is 0.270 e. The summed E-state index contributed by atoms with van der Waals surface area (Å²) in [5.74, 6) is -0.194. The third-order valence-electron chi connectivity index (χ3n) is 2.83. The van der Waals surface area contributed by atoms with Gasteiger partial charge < -0.3 is 10.4 Å². The van der Waals surface area contributed by atoms with Gasteiger partial charge in [-0.1, -0.05) is 18.5 Å². The minimum absolute atomic E-state index is 0.0555. The van der Waals surface area contributed by atoms with Gasteiger partial charge in [-0.15, -0.1) is 0 Å². The average molecular weight is 282 g/mol. The molecule has 2 rings (SSSR count). The zero-order valence-corrected chi connectivity index (χ0v) is 11.4. The van der Waals surface area contributed by atoms with E-state index in [9.17, 15) is 4.79 Å². The number of amides is 1. The van der Waals surface area contributed by atoms with Gasteiger partial charge in [0.25, 0.3) is 5.91 Å². The van der Waals surface area contributed by atoms with Gasteiger partial charge in [0.05, 0.1) is 10.7 Å². The van der Waals surface area contributed by atoms with E-state index in [0.29, 0.717) is 35.8 Å². The highest BCUT2D eigenvalue weighted by Crippen LogP contribution is 2.17. The number of imidazole rings is 1. The molecule has 0 unspecified atom stereocenters. The molecule has 0 spiro atoms. The summed E-state index contributed by atoms with van der Waals surface area (Å²) in [6, 6.07) is 3.53. The van der Waals surface area contributed by atoms with E-state index in [0.717, 1.165) is 5.69 Å². The van der Waals surface area contributed by atoms with Gasteiger partial charge in [-0.25, -0.2) is 4.98 Å². The maximum absolute atomic E-state index is 12.2. The number of aliphatic hydroxyl groups is 1. The average Bonchev–Trinajstić information content (AvgIpc) is 2.76. The van der Waals surface area contributed by atoms with E-state index in [1.165, 1.54) is 0 Å². The molecule has 2 aromatic heterocycles. The monoisotopic (exact) mass is 281 g/mol. The minimum atomic E-state index is -0.194. The van der Waals surface area contributed by atoms with Crippen LogP contribution < -0.4 is 5.32 Å². The van der Waals surface area contributed by atoms with Crippen molar-refractivity contribution in [2.45, 2.75) is 19.8 Å². The summed E-state index contributed by atoms with van der Waals surface area (Å²) in [7, 11) is 0. The molecule has 1 amide bonds. The van der Waals surface area contributed by atoms with Crippen LogP contribution in [-0.2, 0) is 6.42 Å². The van der Waals surface area contributed by atoms with Crippen LogP contribution in [0.3, 0.4) is 0 Å². The number of nitrogens with zero attached hydrogens (tertiary/aromatic N) is 2. The second-order valence-electron chi connectivity index (χ2n) is 4.17. The summed E-state index contributed by atoms with van der Waals surface area (Å²) in [6.07, 6.45) is 2.89. The van der Waals surface area contributed by atoms with Crippen LogP contribution in [0.5, 0.6) is 0 Å². The zero-order chi connectivity index (χ0) is 13.8. The largest absolute Gasteiger partial charge is 0.396 e. The number of pyridine rings is 1. The van der Waals surface area contributed by atoms with E-state index in [2.05, 4.69) is 10.3 Å². The molecule has 6 heteroatoms. The molecule has 0 saturated carbocycles. The molecule has 0 aliphatic heterocycles. The number of nitrogens with one attached hydrogen (secondary N) is 1. The van der Waals surface area contributed by atoms with Crippen molar-refractivity contribution in [1.29, 1.82) is 0 Å². The summed E-state index contributed by atoms with van der Waals surface area (Å²) >= 11 is 5.96. The van der Waals surface area contributed by atoms with Crippen molar-refractivity contribution in [2.75, 3.05) is 13.2 Å². The van der Waals surface area contributed by atoms with E-state index in [1.807, 2.05) is 6.92 Å². The topological polar surface area (TPSA) is 66.6 Å². The number of aromatic nitrogens is 2. The highest BCUT2D eigenvalue weighted by atomic mass is 35.5. The van der Waals surface area contributed by atoms with Crippen LogP contribution >= 0.6 is 11.6 Å². The molecule has 0 atom stereocenters. The van der Waals surface area contributed by atoms with E-state index < -0.39 is 0 Å². The van der Waals surface area contributed by atoms with E-state index in [1.54, 1.807) is 22.7 Å². The molecule has 0 aliphatic rings. The summed E-state index contributed by atoms with van der Waals surface area (Å²) in [4.78, 5) is 16.6. The summed E-state index contributed by atoms with van der Waals surface area (Å²) < 4.78 is 1.70. The van der Waals surface area contributed by atoms with Gasteiger partial charge in [0.2, 0.25) is 0 Å². The Morgan fingerprint density at radius 1 is 1.53 bits per heavy atom. The Labute approximate surface area is 116 Å². The number of hydrogen-bond donors (Lipinski definition) is 2. The van der Waals surface area contributed by atoms with Gasteiger partial charge in [0, 0.05) is 19.3 Å². The van der Waals surface area contributed by atoms with E-state index in [-0.39, 0.29) is 12.5 Å². The predicted molar refractivity (Wildman–Crippen MR) is 73.6 cm³/mol. The van der Waals surface area contributed by atoms with Gasteiger partial charge in [-0.05, 0) is 25.0 Å². The van der Waals surface area contributed by atoms with Gasteiger partial charge in [-0.3, -0.25) is 9.20 Å². The molecule has 2 heterocycles. The standard InChI is InChI=1S/C13H16ClN3O2/c1-2-10-12(13(19)15-6-3-7-18)17-8-9(14)4-5-11(17)16-10/h4-5,8,18H,2-3,6-7H2,1H3,(H,15,19). The Bertz CT molecular complexity index is 595. The van der Waals surface area contributed by atoms with Crippen LogP contribution in [0.1, 0.15) is 29.5 Å². The first-order valence-electron chi connectivity index (χ1n) is 6.23. The molecule has 0 bridgehead atoms. The van der Waals surface area contributed by atoms with Gasteiger partial charge in [0.1, 0.15) is 11.3 Å². The Morgan fingerprint density at radius 3 is 3.00 bits per heavy atom. The quantitative estimate of drug-likeness (QED) is 0.819. The Kier molecular flexibility index (Phi) is 4.39. The molecule has 0 aromatic carbocycles. The number of fused-ring (bicyclic) bond motifs is 1. The molecule has 19 heavy (non-hydrogen) atoms. The molecule has 2 aromatic rings. The number of carbonyl (C=O) groups excluding carboxylic acids is 1. The highest BCUT2D eigenvalue weighted by Gasteiger charge is 2.17. The third kappa shape index (κ3) is 2.88. The lowest BCUT2D eigenvalue weighted by Gasteiger charge is -2.06. The maximum atomic E-state index is 12.2. The molecule has 0 radical (unpaired) electrons. The van der Waals surface area contributed by atoms with E-state index >= 15 is 0 Å². The summed E-state index contributed by atoms with van der Waals surface area (Å²) in [5, 5.41) is 12.1. The Hall–Kier alpha value is -1.59. The Morgan fingerprint density at radius 2 is 2.32 bits per heavy atom. The van der Waals surface area contributed by atoms with Crippen molar-refractivity contribution in [2.24, 2.45) is 0 Å². The van der Waals surface area contributed by atoms with Gasteiger partial charge in [0.15, 0.2) is 0 Å². The molecular formula is C13H16ClN3O2. The van der Waals surface area contributed by atoms with Gasteiger partial charge >= 0.3 is 0 Å². The molecule has 0 aliphatic carbocycles. The van der Waals surface area contributed by atoms with Crippen molar-refractivity contribution in [1.82, 2.24) is 14.7 Å². The van der Waals surface area contributed by atoms with Crippen molar-refractivity contribution in [3.8, 4) is 0 Å². The number of carbonyl (C=O) groups is 1. The lowest BCUT2D eigenvalue weighted by Crippen LogP contribution is -2.27. The number of aliphatic hydroxyl groups excluding tert-OH is 1. The van der Waals surface area contributed by atoms with Crippen molar-refractivity contribution >= 4 is 23.2 Å². The van der Waals surface area contributed by atoms with Crippen LogP contribution in [0.15, 0.2) is 18.3 Å². The predicted octanol–water partition coefficient (Wildman–Crippen LogP) is 1.66. The number of aryl methyl sites for hydroxylation is 1. The maximum Gasteiger partial charge on any atom is 0.270 e. The van der Waals surface area contributed by atoms with Crippen LogP contribution in [0.2, 0.25) is 5.02 Å². The van der Waals surface area contributed by atoms with Crippen LogP contribution in [-0.4, -0.2) is 33.6 Å². The normalized spacial score (nSPS) is 10.9. The van der Waals surface area contributed by atoms with Crippen molar-refractivity contribution < 1.29 is 9.90 Å². The molecular weight excluding hydrogens is 266 g/mol. The third-order valence-corrected chi connectivity index (χ3v) is 3.05.